The molecule has 0 heterocycles. The van der Waals surface area contributed by atoms with Crippen molar-refractivity contribution in [2.75, 3.05) is 25.9 Å². The topological polar surface area (TPSA) is 53.5 Å². The summed E-state index contributed by atoms with van der Waals surface area (Å²) >= 11 is 0. The first kappa shape index (κ1) is 18.7. The molecule has 2 N–H and O–H groups in total. The molecule has 0 spiro atoms. The van der Waals surface area contributed by atoms with Crippen LogP contribution in [0.25, 0.3) is 0 Å². The maximum atomic E-state index is 12.0. The van der Waals surface area contributed by atoms with Crippen molar-refractivity contribution in [2.24, 2.45) is 4.99 Å². The molecule has 124 valence electrons. The summed E-state index contributed by atoms with van der Waals surface area (Å²) in [7, 11) is 0.924. The highest BCUT2D eigenvalue weighted by Gasteiger charge is 2.18. The average Bonchev–Trinajstić information content (AvgIpc) is 2.49. The largest absolute Gasteiger partial charge is 0.356 e. The molecule has 0 saturated carbocycles. The van der Waals surface area contributed by atoms with E-state index in [9.17, 15) is 4.21 Å². The third kappa shape index (κ3) is 7.59. The van der Waals surface area contributed by atoms with Crippen molar-refractivity contribution >= 4 is 16.8 Å². The molecule has 0 aliphatic rings. The molecule has 0 saturated heterocycles. The summed E-state index contributed by atoms with van der Waals surface area (Å²) in [6.07, 6.45) is 2.11. The standard InChI is InChI=1S/C17H29N3OS/c1-17(2,3)22(21)14-13-20-16(18-4)19-12-8-11-15-9-6-5-7-10-15/h5-7,9-10H,8,11-14H2,1-4H3,(H2,18,19,20). The van der Waals surface area contributed by atoms with Gasteiger partial charge in [-0.2, -0.15) is 0 Å². The quantitative estimate of drug-likeness (QED) is 0.460. The lowest BCUT2D eigenvalue weighted by Gasteiger charge is -2.18. The second-order valence-corrected chi connectivity index (χ2v) is 8.50. The first-order chi connectivity index (χ1) is 10.4. The highest BCUT2D eigenvalue weighted by molar-refractivity contribution is 7.86. The number of guanidine groups is 1. The van der Waals surface area contributed by atoms with Crippen LogP contribution >= 0.6 is 0 Å². The molecular formula is C17H29N3OS. The summed E-state index contributed by atoms with van der Waals surface area (Å²) < 4.78 is 11.8. The zero-order valence-electron chi connectivity index (χ0n) is 14.2. The first-order valence-corrected chi connectivity index (χ1v) is 9.12. The van der Waals surface area contributed by atoms with Crippen LogP contribution in [0.5, 0.6) is 0 Å². The van der Waals surface area contributed by atoms with Gasteiger partial charge in [0.15, 0.2) is 5.96 Å². The SMILES string of the molecule is CN=C(NCCCc1ccccc1)NCCS(=O)C(C)(C)C. The van der Waals surface area contributed by atoms with E-state index < -0.39 is 10.8 Å². The number of rotatable bonds is 7. The fourth-order valence-electron chi connectivity index (χ4n) is 1.93. The second-order valence-electron chi connectivity index (χ2n) is 6.18. The van der Waals surface area contributed by atoms with E-state index in [1.54, 1.807) is 7.05 Å². The molecule has 0 bridgehead atoms. The van der Waals surface area contributed by atoms with Gasteiger partial charge >= 0.3 is 0 Å². The molecule has 0 aliphatic heterocycles. The van der Waals surface area contributed by atoms with Gasteiger partial charge in [0, 0.05) is 41.4 Å². The van der Waals surface area contributed by atoms with E-state index in [0.717, 1.165) is 25.3 Å². The third-order valence-corrected chi connectivity index (χ3v) is 5.20. The van der Waals surface area contributed by atoms with Crippen LogP contribution in [-0.2, 0) is 17.2 Å². The Bertz CT molecular complexity index is 480. The Kier molecular flexibility index (Phi) is 8.17. The number of aliphatic imine (C=N–C) groups is 1. The van der Waals surface area contributed by atoms with Crippen molar-refractivity contribution in [3.63, 3.8) is 0 Å². The van der Waals surface area contributed by atoms with E-state index in [0.29, 0.717) is 12.3 Å². The monoisotopic (exact) mass is 323 g/mol. The molecule has 1 aromatic carbocycles. The fourth-order valence-corrected chi connectivity index (χ4v) is 2.83. The Morgan fingerprint density at radius 3 is 2.36 bits per heavy atom. The van der Waals surface area contributed by atoms with Crippen LogP contribution in [0.4, 0.5) is 0 Å². The van der Waals surface area contributed by atoms with Crippen molar-refractivity contribution in [1.82, 2.24) is 10.6 Å². The zero-order chi connectivity index (χ0) is 16.4. The molecule has 0 radical (unpaired) electrons. The average molecular weight is 324 g/mol. The van der Waals surface area contributed by atoms with Crippen LogP contribution in [-0.4, -0.2) is 40.8 Å². The number of hydrogen-bond donors (Lipinski definition) is 2. The van der Waals surface area contributed by atoms with Crippen LogP contribution in [0.1, 0.15) is 32.8 Å². The summed E-state index contributed by atoms with van der Waals surface area (Å²) in [5.41, 5.74) is 1.35. The highest BCUT2D eigenvalue weighted by Crippen LogP contribution is 2.10. The number of benzene rings is 1. The summed E-state index contributed by atoms with van der Waals surface area (Å²) in [6.45, 7) is 7.54. The van der Waals surface area contributed by atoms with Crippen LogP contribution in [0.3, 0.4) is 0 Å². The minimum absolute atomic E-state index is 0.158. The lowest BCUT2D eigenvalue weighted by Crippen LogP contribution is -2.40. The molecular weight excluding hydrogens is 294 g/mol. The number of nitrogens with one attached hydrogen (secondary N) is 2. The Morgan fingerprint density at radius 1 is 1.14 bits per heavy atom. The van der Waals surface area contributed by atoms with E-state index in [1.807, 2.05) is 26.8 Å². The van der Waals surface area contributed by atoms with E-state index in [-0.39, 0.29) is 4.75 Å². The van der Waals surface area contributed by atoms with Crippen LogP contribution in [0.15, 0.2) is 35.3 Å². The van der Waals surface area contributed by atoms with Gasteiger partial charge in [0.25, 0.3) is 0 Å². The van der Waals surface area contributed by atoms with Gasteiger partial charge in [0.2, 0.25) is 0 Å². The zero-order valence-corrected chi connectivity index (χ0v) is 15.0. The Labute approximate surface area is 137 Å². The second kappa shape index (κ2) is 9.62. The smallest absolute Gasteiger partial charge is 0.191 e. The molecule has 0 aromatic heterocycles. The Balaban J connectivity index is 2.19. The maximum Gasteiger partial charge on any atom is 0.191 e. The number of nitrogens with zero attached hydrogens (tertiary/aromatic N) is 1. The summed E-state index contributed by atoms with van der Waals surface area (Å²) in [5, 5.41) is 6.51. The summed E-state index contributed by atoms with van der Waals surface area (Å²) in [6, 6.07) is 10.5. The van der Waals surface area contributed by atoms with Gasteiger partial charge in [-0.15, -0.1) is 0 Å². The van der Waals surface area contributed by atoms with Crippen molar-refractivity contribution in [3.05, 3.63) is 35.9 Å². The molecule has 1 unspecified atom stereocenters. The summed E-state index contributed by atoms with van der Waals surface area (Å²) in [4.78, 5) is 4.19. The molecule has 22 heavy (non-hydrogen) atoms. The third-order valence-electron chi connectivity index (χ3n) is 3.26. The number of hydrogen-bond acceptors (Lipinski definition) is 2. The molecule has 5 heteroatoms. The van der Waals surface area contributed by atoms with Crippen LogP contribution in [0.2, 0.25) is 0 Å². The van der Waals surface area contributed by atoms with E-state index in [4.69, 9.17) is 0 Å². The van der Waals surface area contributed by atoms with Gasteiger partial charge in [-0.1, -0.05) is 30.3 Å². The predicted molar refractivity (Wildman–Crippen MR) is 96.9 cm³/mol. The maximum absolute atomic E-state index is 12.0. The summed E-state index contributed by atoms with van der Waals surface area (Å²) in [5.74, 6) is 1.41. The van der Waals surface area contributed by atoms with Gasteiger partial charge < -0.3 is 10.6 Å². The van der Waals surface area contributed by atoms with Crippen molar-refractivity contribution in [2.45, 2.75) is 38.4 Å². The van der Waals surface area contributed by atoms with Gasteiger partial charge in [-0.05, 0) is 39.2 Å². The molecule has 1 aromatic rings. The van der Waals surface area contributed by atoms with Crippen LogP contribution in [0, 0.1) is 0 Å². The molecule has 1 rings (SSSR count). The minimum Gasteiger partial charge on any atom is -0.356 e. The fraction of sp³-hybridized carbons (Fsp3) is 0.588. The van der Waals surface area contributed by atoms with Gasteiger partial charge in [0.05, 0.1) is 0 Å². The van der Waals surface area contributed by atoms with Gasteiger partial charge in [-0.25, -0.2) is 0 Å². The van der Waals surface area contributed by atoms with Crippen molar-refractivity contribution in [1.29, 1.82) is 0 Å². The molecule has 0 aliphatic carbocycles. The van der Waals surface area contributed by atoms with E-state index in [2.05, 4.69) is 39.9 Å². The highest BCUT2D eigenvalue weighted by atomic mass is 32.2. The van der Waals surface area contributed by atoms with Gasteiger partial charge in [0.1, 0.15) is 0 Å². The van der Waals surface area contributed by atoms with E-state index >= 15 is 0 Å². The number of aryl methyl sites for hydroxylation is 1. The molecule has 0 amide bonds. The molecule has 1 atom stereocenters. The van der Waals surface area contributed by atoms with E-state index in [1.165, 1.54) is 5.56 Å². The Morgan fingerprint density at radius 2 is 1.77 bits per heavy atom. The normalized spacial score (nSPS) is 13.7. The first-order valence-electron chi connectivity index (χ1n) is 7.80. The Hall–Kier alpha value is -1.36. The lowest BCUT2D eigenvalue weighted by molar-refractivity contribution is 0.646. The van der Waals surface area contributed by atoms with Crippen LogP contribution < -0.4 is 10.6 Å². The minimum atomic E-state index is -0.833. The van der Waals surface area contributed by atoms with Crippen molar-refractivity contribution in [3.8, 4) is 0 Å². The lowest BCUT2D eigenvalue weighted by atomic mass is 10.1. The van der Waals surface area contributed by atoms with Crippen molar-refractivity contribution < 1.29 is 4.21 Å². The molecule has 0 fully saturated rings. The molecule has 4 nitrogen and oxygen atoms in total. The predicted octanol–water partition coefficient (Wildman–Crippen LogP) is 2.33. The van der Waals surface area contributed by atoms with Gasteiger partial charge in [-0.3, -0.25) is 9.20 Å².